The van der Waals surface area contributed by atoms with E-state index < -0.39 is 0 Å². The molecular weight excluding hydrogens is 185 g/mol. The van der Waals surface area contributed by atoms with Crippen LogP contribution in [-0.4, -0.2) is 22.3 Å². The van der Waals surface area contributed by atoms with Crippen molar-refractivity contribution in [3.05, 3.63) is 0 Å². The summed E-state index contributed by atoms with van der Waals surface area (Å²) in [5.74, 6) is 0. The summed E-state index contributed by atoms with van der Waals surface area (Å²) >= 11 is 9.83. The first-order chi connectivity index (χ1) is 4.80. The Labute approximate surface area is 102 Å². The van der Waals surface area contributed by atoms with E-state index >= 15 is 0 Å². The minimum Gasteiger partial charge on any atom is -0.411 e. The van der Waals surface area contributed by atoms with Crippen LogP contribution in [0.2, 0.25) is 0 Å². The Morgan fingerprint density at radius 2 is 1.55 bits per heavy atom. The fourth-order valence-corrected chi connectivity index (χ4v) is 1.62. The zero-order chi connectivity index (χ0) is 7.40. The molecule has 1 aliphatic rings. The van der Waals surface area contributed by atoms with Gasteiger partial charge in [-0.2, -0.15) is 0 Å². The number of rotatable bonds is 0. The van der Waals surface area contributed by atoms with Crippen LogP contribution in [0.3, 0.4) is 0 Å². The van der Waals surface area contributed by atoms with E-state index in [9.17, 15) is 0 Å². The van der Waals surface area contributed by atoms with Crippen LogP contribution in [-0.2, 0) is 12.6 Å². The monoisotopic (exact) mass is 197 g/mol. The second-order valence-corrected chi connectivity index (χ2v) is 3.70. The van der Waals surface area contributed by atoms with E-state index in [4.69, 9.17) is 24.8 Å². The van der Waals surface area contributed by atoms with Gasteiger partial charge in [-0.1, -0.05) is 17.2 Å². The van der Waals surface area contributed by atoms with E-state index in [1.54, 1.807) is 0 Å². The van der Waals surface area contributed by atoms with Crippen molar-refractivity contribution in [3.8, 4) is 0 Å². The van der Waals surface area contributed by atoms with Gasteiger partial charge in [0.25, 0.3) is 0 Å². The van der Waals surface area contributed by atoms with Crippen molar-refractivity contribution in [2.75, 3.05) is 13.1 Å². The summed E-state index contributed by atoms with van der Waals surface area (Å²) in [5, 5.41) is 0. The smallest absolute Gasteiger partial charge is 0.411 e. The van der Waals surface area contributed by atoms with E-state index in [1.807, 2.05) is 0 Å². The van der Waals surface area contributed by atoms with Gasteiger partial charge in [0.2, 0.25) is 0 Å². The molecule has 0 unspecified atom stereocenters. The summed E-state index contributed by atoms with van der Waals surface area (Å²) in [6.45, 7) is 2.17. The summed E-state index contributed by atoms with van der Waals surface area (Å²) in [6, 6.07) is 0. The molecule has 0 atom stereocenters. The maximum absolute atomic E-state index is 4.92. The number of hydrogen-bond donors (Lipinski definition) is 0. The Balaban J connectivity index is 0.000001000. The van der Waals surface area contributed by atoms with Crippen LogP contribution in [0.15, 0.2) is 0 Å². The Kier molecular flexibility index (Phi) is 7.27. The van der Waals surface area contributed by atoms with Crippen LogP contribution >= 0.6 is 12.2 Å². The van der Waals surface area contributed by atoms with Crippen LogP contribution in [0.4, 0.5) is 0 Å². The average Bonchev–Trinajstić information content (AvgIpc) is 2.12. The van der Waals surface area contributed by atoms with Crippen molar-refractivity contribution in [2.24, 2.45) is 0 Å². The van der Waals surface area contributed by atoms with Gasteiger partial charge < -0.3 is 29.7 Å². The zero-order valence-corrected chi connectivity index (χ0v) is 10.6. The summed E-state index contributed by atoms with van der Waals surface area (Å²) in [4.78, 5) is 2.14. The molecule has 0 bridgehead atoms. The fraction of sp³-hybridized carbons (Fsp3) is 0.857. The quantitative estimate of drug-likeness (QED) is 0.270. The minimum absolute atomic E-state index is 0. The van der Waals surface area contributed by atoms with Gasteiger partial charge in [0.1, 0.15) is 0 Å². The van der Waals surface area contributed by atoms with Gasteiger partial charge in [0, 0.05) is 13.1 Å². The van der Waals surface area contributed by atoms with E-state index in [-0.39, 0.29) is 29.6 Å². The zero-order valence-electron chi connectivity index (χ0n) is 7.01. The van der Waals surface area contributed by atoms with Gasteiger partial charge in [-0.15, -0.1) is 0 Å². The number of likely N-dealkylation sites (tertiary alicyclic amines) is 1. The maximum Gasteiger partial charge on any atom is 1.00 e. The second kappa shape index (κ2) is 6.61. The largest absolute Gasteiger partial charge is 1.00 e. The molecule has 1 aliphatic heterocycles. The molecule has 0 amide bonds. The van der Waals surface area contributed by atoms with Crippen molar-refractivity contribution in [2.45, 2.75) is 25.7 Å². The molecule has 0 N–H and O–H groups in total. The van der Waals surface area contributed by atoms with Crippen molar-refractivity contribution < 1.29 is 29.6 Å². The fourth-order valence-electron chi connectivity index (χ4n) is 1.25. The summed E-state index contributed by atoms with van der Waals surface area (Å²) in [7, 11) is 0. The first-order valence-corrected chi connectivity index (χ1v) is 4.58. The molecule has 0 aliphatic carbocycles. The van der Waals surface area contributed by atoms with Gasteiger partial charge in [-0.3, -0.25) is 0 Å². The predicted octanol–water partition coefficient (Wildman–Crippen LogP) is -1.30. The Morgan fingerprint density at radius 1 is 1.09 bits per heavy atom. The first kappa shape index (κ1) is 12.1. The summed E-state index contributed by atoms with van der Waals surface area (Å²) in [6.07, 6.45) is 5.20. The number of nitrogens with zero attached hydrogens (tertiary/aromatic N) is 1. The molecule has 0 spiro atoms. The van der Waals surface area contributed by atoms with Crippen LogP contribution in [0.1, 0.15) is 25.7 Å². The van der Waals surface area contributed by atoms with Gasteiger partial charge in [0.15, 0.2) is 0 Å². The molecule has 1 rings (SSSR count). The number of thiocarbonyl (C=S) groups is 1. The van der Waals surface area contributed by atoms with Gasteiger partial charge in [-0.05, 0) is 12.8 Å². The third kappa shape index (κ3) is 4.63. The van der Waals surface area contributed by atoms with E-state index in [0.29, 0.717) is 4.32 Å². The van der Waals surface area contributed by atoms with Crippen molar-refractivity contribution in [1.82, 2.24) is 4.90 Å². The topological polar surface area (TPSA) is 3.24 Å². The van der Waals surface area contributed by atoms with Crippen molar-refractivity contribution in [3.63, 3.8) is 0 Å². The van der Waals surface area contributed by atoms with Crippen molar-refractivity contribution >= 4 is 29.2 Å². The molecule has 0 aromatic carbocycles. The molecule has 1 fully saturated rings. The SMILES string of the molecule is S=C([S-])N1CCCCCC1.[Na+]. The molecular formula is C7H12NNaS2. The standard InChI is InChI=1S/C7H13NS2.Na/c9-7(10)8-5-3-1-2-4-6-8;/h1-6H2,(H,9,10);/q;+1/p-1. The normalized spacial score (nSPS) is 18.4. The molecule has 1 heterocycles. The van der Waals surface area contributed by atoms with Crippen LogP contribution in [0, 0.1) is 0 Å². The van der Waals surface area contributed by atoms with Crippen molar-refractivity contribution in [1.29, 1.82) is 0 Å². The van der Waals surface area contributed by atoms with E-state index in [2.05, 4.69) is 4.90 Å². The van der Waals surface area contributed by atoms with E-state index in [1.165, 1.54) is 25.7 Å². The summed E-state index contributed by atoms with van der Waals surface area (Å²) < 4.78 is 0.655. The molecule has 11 heavy (non-hydrogen) atoms. The Bertz CT molecular complexity index is 122. The summed E-state index contributed by atoms with van der Waals surface area (Å²) in [5.41, 5.74) is 0. The molecule has 4 heteroatoms. The Morgan fingerprint density at radius 3 is 1.91 bits per heavy atom. The third-order valence-electron chi connectivity index (χ3n) is 1.86. The minimum atomic E-state index is 0. The van der Waals surface area contributed by atoms with Gasteiger partial charge in [0.05, 0.1) is 0 Å². The number of hydrogen-bond acceptors (Lipinski definition) is 2. The predicted molar refractivity (Wildman–Crippen MR) is 50.0 cm³/mol. The van der Waals surface area contributed by atoms with Crippen LogP contribution in [0.25, 0.3) is 0 Å². The maximum atomic E-state index is 4.92. The average molecular weight is 197 g/mol. The second-order valence-electron chi connectivity index (χ2n) is 2.67. The van der Waals surface area contributed by atoms with E-state index in [0.717, 1.165) is 13.1 Å². The molecule has 58 valence electrons. The van der Waals surface area contributed by atoms with Gasteiger partial charge >= 0.3 is 29.6 Å². The van der Waals surface area contributed by atoms with Crippen LogP contribution in [0.5, 0.6) is 0 Å². The van der Waals surface area contributed by atoms with Crippen LogP contribution < -0.4 is 29.6 Å². The molecule has 0 radical (unpaired) electrons. The molecule has 1 saturated heterocycles. The third-order valence-corrected chi connectivity index (χ3v) is 2.38. The molecule has 0 saturated carbocycles. The van der Waals surface area contributed by atoms with Gasteiger partial charge in [-0.25, -0.2) is 0 Å². The molecule has 0 aromatic heterocycles. The first-order valence-electron chi connectivity index (χ1n) is 3.76. The molecule has 0 aromatic rings. The Hall–Kier alpha value is 1.11. The molecule has 1 nitrogen and oxygen atoms in total.